The van der Waals surface area contributed by atoms with Crippen molar-refractivity contribution in [1.29, 1.82) is 0 Å². The van der Waals surface area contributed by atoms with Crippen molar-refractivity contribution in [3.8, 4) is 0 Å². The zero-order valence-corrected chi connectivity index (χ0v) is 12.8. The van der Waals surface area contributed by atoms with E-state index in [0.717, 1.165) is 11.5 Å². The molecule has 0 aliphatic rings. The fraction of sp³-hybridized carbons (Fsp3) is 0.400. The summed E-state index contributed by atoms with van der Waals surface area (Å²) in [6, 6.07) is 5.94. The molecule has 0 saturated heterocycles. The molecule has 0 bridgehead atoms. The summed E-state index contributed by atoms with van der Waals surface area (Å²) in [5.74, 6) is 1.73. The SMILES string of the molecule is Cc1ccc(C(C)NCC(=O)NCc2sccc2C)o1. The lowest BCUT2D eigenvalue weighted by Crippen LogP contribution is -2.34. The van der Waals surface area contributed by atoms with Gasteiger partial charge in [0.1, 0.15) is 11.5 Å². The second kappa shape index (κ2) is 6.72. The molecule has 0 fully saturated rings. The third-order valence-corrected chi connectivity index (χ3v) is 4.19. The molecule has 2 aromatic rings. The van der Waals surface area contributed by atoms with Gasteiger partial charge in [-0.05, 0) is 49.9 Å². The van der Waals surface area contributed by atoms with E-state index in [1.807, 2.05) is 31.4 Å². The Morgan fingerprint density at radius 1 is 1.35 bits per heavy atom. The number of amides is 1. The van der Waals surface area contributed by atoms with Crippen LogP contribution in [-0.4, -0.2) is 12.5 Å². The van der Waals surface area contributed by atoms with E-state index < -0.39 is 0 Å². The average Bonchev–Trinajstić information content (AvgIpc) is 3.02. The van der Waals surface area contributed by atoms with Crippen molar-refractivity contribution >= 4 is 17.2 Å². The summed E-state index contributed by atoms with van der Waals surface area (Å²) in [4.78, 5) is 13.0. The van der Waals surface area contributed by atoms with Crippen molar-refractivity contribution in [2.45, 2.75) is 33.4 Å². The third kappa shape index (κ3) is 3.95. The van der Waals surface area contributed by atoms with Crippen LogP contribution in [0.4, 0.5) is 0 Å². The van der Waals surface area contributed by atoms with Gasteiger partial charge in [0.2, 0.25) is 5.91 Å². The van der Waals surface area contributed by atoms with Crippen molar-refractivity contribution in [2.24, 2.45) is 0 Å². The van der Waals surface area contributed by atoms with Gasteiger partial charge in [-0.1, -0.05) is 0 Å². The predicted octanol–water partition coefficient (Wildman–Crippen LogP) is 2.92. The topological polar surface area (TPSA) is 54.3 Å². The molecule has 108 valence electrons. The summed E-state index contributed by atoms with van der Waals surface area (Å²) in [6.07, 6.45) is 0. The van der Waals surface area contributed by atoms with Gasteiger partial charge in [-0.2, -0.15) is 0 Å². The number of hydrogen-bond acceptors (Lipinski definition) is 4. The molecule has 0 saturated carbocycles. The molecule has 2 N–H and O–H groups in total. The molecule has 1 amide bonds. The Bertz CT molecular complexity index is 574. The zero-order chi connectivity index (χ0) is 14.5. The van der Waals surface area contributed by atoms with E-state index in [1.165, 1.54) is 10.4 Å². The van der Waals surface area contributed by atoms with Gasteiger partial charge in [0.15, 0.2) is 0 Å². The molecule has 20 heavy (non-hydrogen) atoms. The molecule has 0 aliphatic heterocycles. The van der Waals surface area contributed by atoms with Crippen LogP contribution in [-0.2, 0) is 11.3 Å². The van der Waals surface area contributed by atoms with Crippen LogP contribution in [0.2, 0.25) is 0 Å². The Kier molecular flexibility index (Phi) is 4.98. The Balaban J connectivity index is 1.74. The molecule has 4 nitrogen and oxygen atoms in total. The Morgan fingerprint density at radius 3 is 2.75 bits per heavy atom. The molecule has 1 unspecified atom stereocenters. The summed E-state index contributed by atoms with van der Waals surface area (Å²) < 4.78 is 5.52. The van der Waals surface area contributed by atoms with E-state index >= 15 is 0 Å². The van der Waals surface area contributed by atoms with E-state index in [2.05, 4.69) is 23.6 Å². The minimum Gasteiger partial charge on any atom is -0.465 e. The lowest BCUT2D eigenvalue weighted by molar-refractivity contribution is -0.120. The highest BCUT2D eigenvalue weighted by Gasteiger charge is 2.11. The smallest absolute Gasteiger partial charge is 0.234 e. The lowest BCUT2D eigenvalue weighted by atomic mass is 10.2. The number of nitrogens with one attached hydrogen (secondary N) is 2. The van der Waals surface area contributed by atoms with E-state index in [1.54, 1.807) is 11.3 Å². The summed E-state index contributed by atoms with van der Waals surface area (Å²) in [5, 5.41) is 8.11. The van der Waals surface area contributed by atoms with Gasteiger partial charge < -0.3 is 9.73 Å². The molecule has 1 atom stereocenters. The fourth-order valence-corrected chi connectivity index (χ4v) is 2.70. The molecule has 2 rings (SSSR count). The maximum Gasteiger partial charge on any atom is 0.234 e. The molecule has 2 aromatic heterocycles. The molecular formula is C15H20N2O2S. The quantitative estimate of drug-likeness (QED) is 0.860. The summed E-state index contributed by atoms with van der Waals surface area (Å²) in [5.41, 5.74) is 1.22. The number of carbonyl (C=O) groups is 1. The minimum absolute atomic E-state index is 0.00655. The second-order valence-electron chi connectivity index (χ2n) is 4.85. The number of aryl methyl sites for hydroxylation is 2. The first-order valence-corrected chi connectivity index (χ1v) is 7.53. The minimum atomic E-state index is -0.00655. The molecule has 0 radical (unpaired) electrons. The Hall–Kier alpha value is -1.59. The van der Waals surface area contributed by atoms with E-state index in [4.69, 9.17) is 4.42 Å². The zero-order valence-electron chi connectivity index (χ0n) is 12.0. The lowest BCUT2D eigenvalue weighted by Gasteiger charge is -2.11. The van der Waals surface area contributed by atoms with Crippen LogP contribution >= 0.6 is 11.3 Å². The summed E-state index contributed by atoms with van der Waals surface area (Å²) >= 11 is 1.67. The number of carbonyl (C=O) groups excluding carboxylic acids is 1. The van der Waals surface area contributed by atoms with Gasteiger partial charge in [-0.15, -0.1) is 11.3 Å². The maximum absolute atomic E-state index is 11.8. The molecule has 2 heterocycles. The fourth-order valence-electron chi connectivity index (χ4n) is 1.86. The van der Waals surface area contributed by atoms with Crippen LogP contribution in [0.15, 0.2) is 28.0 Å². The number of rotatable bonds is 6. The first kappa shape index (κ1) is 14.8. The molecule has 0 spiro atoms. The van der Waals surface area contributed by atoms with Crippen LogP contribution in [0.3, 0.4) is 0 Å². The van der Waals surface area contributed by atoms with Gasteiger partial charge >= 0.3 is 0 Å². The number of hydrogen-bond donors (Lipinski definition) is 2. The van der Waals surface area contributed by atoms with Crippen molar-refractivity contribution in [3.63, 3.8) is 0 Å². The van der Waals surface area contributed by atoms with Gasteiger partial charge in [0, 0.05) is 4.88 Å². The Labute approximate surface area is 123 Å². The first-order valence-electron chi connectivity index (χ1n) is 6.65. The van der Waals surface area contributed by atoms with Gasteiger partial charge in [0.05, 0.1) is 19.1 Å². The van der Waals surface area contributed by atoms with Crippen molar-refractivity contribution in [2.75, 3.05) is 6.54 Å². The number of thiophene rings is 1. The first-order chi connectivity index (χ1) is 9.56. The van der Waals surface area contributed by atoms with Crippen molar-refractivity contribution in [3.05, 3.63) is 45.5 Å². The average molecular weight is 292 g/mol. The van der Waals surface area contributed by atoms with Crippen LogP contribution in [0.25, 0.3) is 0 Å². The normalized spacial score (nSPS) is 12.3. The largest absolute Gasteiger partial charge is 0.465 e. The summed E-state index contributed by atoms with van der Waals surface area (Å²) in [7, 11) is 0. The highest BCUT2D eigenvalue weighted by molar-refractivity contribution is 7.10. The van der Waals surface area contributed by atoms with Crippen LogP contribution in [0.5, 0.6) is 0 Å². The van der Waals surface area contributed by atoms with Crippen molar-refractivity contribution < 1.29 is 9.21 Å². The Morgan fingerprint density at radius 2 is 2.15 bits per heavy atom. The monoisotopic (exact) mass is 292 g/mol. The molecule has 5 heteroatoms. The summed E-state index contributed by atoms with van der Waals surface area (Å²) in [6.45, 7) is 6.82. The van der Waals surface area contributed by atoms with Crippen molar-refractivity contribution in [1.82, 2.24) is 10.6 Å². The standard InChI is InChI=1S/C15H20N2O2S/c1-10-6-7-20-14(10)8-17-15(18)9-16-12(3)13-5-4-11(2)19-13/h4-7,12,16H,8-9H2,1-3H3,(H,17,18). The van der Waals surface area contributed by atoms with Gasteiger partial charge in [-0.25, -0.2) is 0 Å². The second-order valence-corrected chi connectivity index (χ2v) is 5.86. The highest BCUT2D eigenvalue weighted by atomic mass is 32.1. The van der Waals surface area contributed by atoms with Crippen LogP contribution in [0, 0.1) is 13.8 Å². The molecular weight excluding hydrogens is 272 g/mol. The third-order valence-electron chi connectivity index (χ3n) is 3.17. The van der Waals surface area contributed by atoms with E-state index in [9.17, 15) is 4.79 Å². The van der Waals surface area contributed by atoms with E-state index in [-0.39, 0.29) is 18.5 Å². The number of furan rings is 1. The van der Waals surface area contributed by atoms with Gasteiger partial charge in [-0.3, -0.25) is 10.1 Å². The van der Waals surface area contributed by atoms with E-state index in [0.29, 0.717) is 6.54 Å². The van der Waals surface area contributed by atoms with Gasteiger partial charge in [0.25, 0.3) is 0 Å². The highest BCUT2D eigenvalue weighted by Crippen LogP contribution is 2.16. The molecule has 0 aliphatic carbocycles. The van der Waals surface area contributed by atoms with Crippen LogP contribution in [0.1, 0.15) is 34.9 Å². The molecule has 0 aromatic carbocycles. The van der Waals surface area contributed by atoms with Crippen LogP contribution < -0.4 is 10.6 Å². The predicted molar refractivity (Wildman–Crippen MR) is 80.8 cm³/mol. The maximum atomic E-state index is 11.8.